The molecular formula is C14H25F3N2O. The lowest BCUT2D eigenvalue weighted by molar-refractivity contribution is -0.162. The normalized spacial score (nSPS) is 17.5. The fraction of sp³-hybridized carbons (Fsp3) is 0.929. The van der Waals surface area contributed by atoms with Gasteiger partial charge in [0.2, 0.25) is 5.91 Å². The van der Waals surface area contributed by atoms with Crippen molar-refractivity contribution in [3.8, 4) is 0 Å². The largest absolute Gasteiger partial charge is 0.406 e. The Labute approximate surface area is 118 Å². The highest BCUT2D eigenvalue weighted by molar-refractivity contribution is 5.76. The van der Waals surface area contributed by atoms with Crippen LogP contribution in [0.1, 0.15) is 39.5 Å². The minimum atomic E-state index is -4.32. The third-order valence-corrected chi connectivity index (χ3v) is 3.53. The first kappa shape index (κ1) is 17.3. The van der Waals surface area contributed by atoms with Gasteiger partial charge in [0.15, 0.2) is 0 Å². The molecule has 0 unspecified atom stereocenters. The van der Waals surface area contributed by atoms with Gasteiger partial charge in [-0.2, -0.15) is 13.2 Å². The molecule has 0 aromatic rings. The van der Waals surface area contributed by atoms with Crippen molar-refractivity contribution in [1.82, 2.24) is 10.2 Å². The van der Waals surface area contributed by atoms with Crippen LogP contribution in [0.3, 0.4) is 0 Å². The Morgan fingerprint density at radius 3 is 2.40 bits per heavy atom. The molecule has 0 radical (unpaired) electrons. The summed E-state index contributed by atoms with van der Waals surface area (Å²) in [6.45, 7) is 4.57. The second kappa shape index (κ2) is 7.86. The smallest absolute Gasteiger partial charge is 0.333 e. The van der Waals surface area contributed by atoms with Crippen LogP contribution >= 0.6 is 0 Å². The van der Waals surface area contributed by atoms with Crippen LogP contribution < -0.4 is 5.32 Å². The van der Waals surface area contributed by atoms with Gasteiger partial charge in [0.1, 0.15) is 6.54 Å². The van der Waals surface area contributed by atoms with E-state index in [9.17, 15) is 18.0 Å². The summed E-state index contributed by atoms with van der Waals surface area (Å²) in [5.74, 6) is 0.140. The van der Waals surface area contributed by atoms with Crippen LogP contribution in [0, 0.1) is 11.8 Å². The zero-order valence-electron chi connectivity index (χ0n) is 12.3. The molecule has 0 spiro atoms. The van der Waals surface area contributed by atoms with Crippen LogP contribution in [-0.2, 0) is 4.79 Å². The molecule has 0 aliphatic carbocycles. The van der Waals surface area contributed by atoms with Gasteiger partial charge in [-0.25, -0.2) is 0 Å². The van der Waals surface area contributed by atoms with Crippen LogP contribution in [0.2, 0.25) is 0 Å². The molecule has 20 heavy (non-hydrogen) atoms. The number of hydrogen-bond acceptors (Lipinski definition) is 2. The fourth-order valence-corrected chi connectivity index (χ4v) is 2.57. The third-order valence-electron chi connectivity index (χ3n) is 3.53. The van der Waals surface area contributed by atoms with E-state index in [0.29, 0.717) is 12.3 Å². The van der Waals surface area contributed by atoms with E-state index in [2.05, 4.69) is 5.32 Å². The van der Waals surface area contributed by atoms with Gasteiger partial charge in [-0.3, -0.25) is 4.79 Å². The van der Waals surface area contributed by atoms with Crippen molar-refractivity contribution in [3.63, 3.8) is 0 Å². The number of carbonyl (C=O) groups is 1. The minimum absolute atomic E-state index is 0.0418. The Morgan fingerprint density at radius 1 is 1.30 bits per heavy atom. The highest BCUT2D eigenvalue weighted by Crippen LogP contribution is 2.21. The Balaban J connectivity index is 2.44. The van der Waals surface area contributed by atoms with E-state index in [1.807, 2.05) is 13.8 Å². The molecule has 0 bridgehead atoms. The number of amides is 1. The number of halogens is 3. The predicted octanol–water partition coefficient (Wildman–Crippen LogP) is 2.81. The first-order valence-corrected chi connectivity index (χ1v) is 7.33. The molecule has 1 saturated heterocycles. The van der Waals surface area contributed by atoms with Crippen LogP contribution in [0.4, 0.5) is 13.2 Å². The van der Waals surface area contributed by atoms with Gasteiger partial charge in [0, 0.05) is 13.0 Å². The van der Waals surface area contributed by atoms with Crippen LogP contribution in [0.25, 0.3) is 0 Å². The molecule has 1 aliphatic heterocycles. The number of carbonyl (C=O) groups excluding carboxylic acids is 1. The number of rotatable bonds is 6. The zero-order valence-corrected chi connectivity index (χ0v) is 12.3. The maximum absolute atomic E-state index is 12.5. The van der Waals surface area contributed by atoms with Gasteiger partial charge in [-0.1, -0.05) is 13.8 Å². The summed E-state index contributed by atoms with van der Waals surface area (Å²) >= 11 is 0. The lowest BCUT2D eigenvalue weighted by Gasteiger charge is -2.27. The maximum Gasteiger partial charge on any atom is 0.406 e. The molecular weight excluding hydrogens is 269 g/mol. The van der Waals surface area contributed by atoms with E-state index in [4.69, 9.17) is 0 Å². The van der Waals surface area contributed by atoms with Crippen molar-refractivity contribution < 1.29 is 18.0 Å². The molecule has 118 valence electrons. The van der Waals surface area contributed by atoms with Gasteiger partial charge in [-0.15, -0.1) is 0 Å². The highest BCUT2D eigenvalue weighted by Gasteiger charge is 2.33. The summed E-state index contributed by atoms with van der Waals surface area (Å²) in [5, 5.41) is 3.24. The van der Waals surface area contributed by atoms with Gasteiger partial charge in [0.05, 0.1) is 0 Å². The average molecular weight is 294 g/mol. The van der Waals surface area contributed by atoms with Crippen LogP contribution in [-0.4, -0.2) is 43.2 Å². The second-order valence-corrected chi connectivity index (χ2v) is 6.02. The number of hydrogen-bond donors (Lipinski definition) is 1. The molecule has 1 rings (SSSR count). The molecule has 1 aliphatic rings. The van der Waals surface area contributed by atoms with E-state index >= 15 is 0 Å². The third kappa shape index (κ3) is 7.12. The molecule has 1 fully saturated rings. The minimum Gasteiger partial charge on any atom is -0.333 e. The Morgan fingerprint density at radius 2 is 1.90 bits per heavy atom. The fourth-order valence-electron chi connectivity index (χ4n) is 2.57. The monoisotopic (exact) mass is 294 g/mol. The van der Waals surface area contributed by atoms with E-state index in [1.165, 1.54) is 0 Å². The molecule has 6 heteroatoms. The van der Waals surface area contributed by atoms with Crippen molar-refractivity contribution in [1.29, 1.82) is 0 Å². The Kier molecular flexibility index (Phi) is 6.79. The second-order valence-electron chi connectivity index (χ2n) is 6.02. The molecule has 1 N–H and O–H groups in total. The van der Waals surface area contributed by atoms with Gasteiger partial charge >= 0.3 is 6.18 Å². The number of nitrogens with zero attached hydrogens (tertiary/aromatic N) is 1. The van der Waals surface area contributed by atoms with Crippen molar-refractivity contribution >= 4 is 5.91 Å². The van der Waals surface area contributed by atoms with E-state index in [-0.39, 0.29) is 24.8 Å². The maximum atomic E-state index is 12.5. The summed E-state index contributed by atoms with van der Waals surface area (Å²) < 4.78 is 37.5. The molecule has 0 aromatic carbocycles. The highest BCUT2D eigenvalue weighted by atomic mass is 19.4. The molecule has 0 saturated carbocycles. The molecule has 0 aromatic heterocycles. The molecule has 1 heterocycles. The first-order valence-electron chi connectivity index (χ1n) is 7.33. The van der Waals surface area contributed by atoms with Crippen molar-refractivity contribution in [2.45, 2.75) is 45.7 Å². The van der Waals surface area contributed by atoms with E-state index < -0.39 is 12.7 Å². The van der Waals surface area contributed by atoms with Gasteiger partial charge in [-0.05, 0) is 44.2 Å². The molecule has 0 atom stereocenters. The Bertz CT molecular complexity index is 299. The zero-order chi connectivity index (χ0) is 15.2. The topological polar surface area (TPSA) is 32.3 Å². The lowest BCUT2D eigenvalue weighted by Crippen LogP contribution is -2.41. The predicted molar refractivity (Wildman–Crippen MR) is 72.3 cm³/mol. The van der Waals surface area contributed by atoms with Crippen molar-refractivity contribution in [2.24, 2.45) is 11.8 Å². The van der Waals surface area contributed by atoms with E-state index in [1.54, 1.807) is 0 Å². The lowest BCUT2D eigenvalue weighted by atomic mass is 9.93. The summed E-state index contributed by atoms with van der Waals surface area (Å²) in [6.07, 6.45) is -1.37. The van der Waals surface area contributed by atoms with Crippen LogP contribution in [0.5, 0.6) is 0 Å². The summed E-state index contributed by atoms with van der Waals surface area (Å²) in [5.41, 5.74) is 0. The number of alkyl halides is 3. The molecule has 3 nitrogen and oxygen atoms in total. The summed E-state index contributed by atoms with van der Waals surface area (Å²) in [6, 6.07) is 0. The standard InChI is InChI=1S/C14H25F3N2O/c1-11(2)9-19(10-14(15,16)17)13(20)4-3-12-5-7-18-8-6-12/h11-12,18H,3-10H2,1-2H3. The SMILES string of the molecule is CC(C)CN(CC(F)(F)F)C(=O)CCC1CCNCC1. The average Bonchev–Trinajstić information content (AvgIpc) is 2.34. The number of piperidine rings is 1. The van der Waals surface area contributed by atoms with Crippen molar-refractivity contribution in [2.75, 3.05) is 26.2 Å². The van der Waals surface area contributed by atoms with E-state index in [0.717, 1.165) is 30.8 Å². The van der Waals surface area contributed by atoms with Crippen molar-refractivity contribution in [3.05, 3.63) is 0 Å². The Hall–Kier alpha value is -0.780. The number of nitrogens with one attached hydrogen (secondary N) is 1. The summed E-state index contributed by atoms with van der Waals surface area (Å²) in [4.78, 5) is 13.0. The molecule has 1 amide bonds. The summed E-state index contributed by atoms with van der Waals surface area (Å²) in [7, 11) is 0. The first-order chi connectivity index (χ1) is 9.28. The quantitative estimate of drug-likeness (QED) is 0.817. The van der Waals surface area contributed by atoms with Gasteiger partial charge in [0.25, 0.3) is 0 Å². The van der Waals surface area contributed by atoms with Gasteiger partial charge < -0.3 is 10.2 Å². The van der Waals surface area contributed by atoms with Crippen LogP contribution in [0.15, 0.2) is 0 Å².